The molecule has 0 bridgehead atoms. The highest BCUT2D eigenvalue weighted by Gasteiger charge is 2.22. The number of rotatable bonds is 5. The molecular weight excluding hydrogens is 274 g/mol. The Hall–Kier alpha value is -1.88. The number of pyridine rings is 1. The lowest BCUT2D eigenvalue weighted by atomic mass is 9.91. The van der Waals surface area contributed by atoms with Crippen LogP contribution in [-0.2, 0) is 13.1 Å². The molecule has 5 nitrogen and oxygen atoms in total. The summed E-state index contributed by atoms with van der Waals surface area (Å²) >= 11 is 0. The van der Waals surface area contributed by atoms with Crippen LogP contribution in [0.25, 0.3) is 0 Å². The van der Waals surface area contributed by atoms with Gasteiger partial charge in [-0.2, -0.15) is 5.10 Å². The summed E-state index contributed by atoms with van der Waals surface area (Å²) in [7, 11) is 1.92. The van der Waals surface area contributed by atoms with Crippen LogP contribution >= 0.6 is 0 Å². The predicted octanol–water partition coefficient (Wildman–Crippen LogP) is 2.72. The fourth-order valence-electron chi connectivity index (χ4n) is 3.23. The third-order valence-corrected chi connectivity index (χ3v) is 4.43. The lowest BCUT2D eigenvalue weighted by Gasteiger charge is -2.32. The molecule has 1 fully saturated rings. The molecule has 0 aromatic carbocycles. The Kier molecular flexibility index (Phi) is 4.73. The van der Waals surface area contributed by atoms with Gasteiger partial charge in [0.1, 0.15) is 5.82 Å². The SMILES string of the molecule is CCn1cc(CN2CCC[C@H](c3ccnc(NC)c3)C2)cn1. The maximum atomic E-state index is 4.37. The molecule has 5 heteroatoms. The Bertz CT molecular complexity index is 607. The molecule has 2 aromatic rings. The van der Waals surface area contributed by atoms with Gasteiger partial charge in [-0.05, 0) is 49.9 Å². The molecule has 0 aliphatic carbocycles. The molecule has 1 N–H and O–H groups in total. The first-order chi connectivity index (χ1) is 10.8. The molecule has 0 amide bonds. The molecule has 1 aliphatic rings. The molecule has 0 spiro atoms. The highest BCUT2D eigenvalue weighted by atomic mass is 15.3. The molecule has 0 unspecified atom stereocenters. The minimum Gasteiger partial charge on any atom is -0.373 e. The van der Waals surface area contributed by atoms with E-state index in [1.54, 1.807) is 0 Å². The average Bonchev–Trinajstić information content (AvgIpc) is 3.03. The van der Waals surface area contributed by atoms with Crippen LogP contribution in [-0.4, -0.2) is 39.8 Å². The standard InChI is InChI=1S/C17H25N5/c1-3-22-12-14(10-20-22)11-21-8-4-5-16(13-21)15-6-7-19-17(9-15)18-2/h6-7,9-10,12,16H,3-5,8,11,13H2,1-2H3,(H,18,19)/t16-/m0/s1. The third-order valence-electron chi connectivity index (χ3n) is 4.43. The highest BCUT2D eigenvalue weighted by Crippen LogP contribution is 2.28. The second-order valence-electron chi connectivity index (χ2n) is 6.00. The zero-order valence-corrected chi connectivity index (χ0v) is 13.5. The molecule has 3 rings (SSSR count). The van der Waals surface area contributed by atoms with Gasteiger partial charge in [0.25, 0.3) is 0 Å². The van der Waals surface area contributed by atoms with Crippen molar-refractivity contribution < 1.29 is 0 Å². The van der Waals surface area contributed by atoms with Crippen molar-refractivity contribution in [2.24, 2.45) is 0 Å². The molecule has 1 atom stereocenters. The molecular formula is C17H25N5. The van der Waals surface area contributed by atoms with Crippen molar-refractivity contribution in [3.63, 3.8) is 0 Å². The number of aryl methyl sites for hydroxylation is 1. The van der Waals surface area contributed by atoms with Crippen LogP contribution in [0.3, 0.4) is 0 Å². The van der Waals surface area contributed by atoms with E-state index in [1.165, 1.54) is 30.5 Å². The van der Waals surface area contributed by atoms with Crippen LogP contribution < -0.4 is 5.32 Å². The maximum absolute atomic E-state index is 4.37. The van der Waals surface area contributed by atoms with Gasteiger partial charge >= 0.3 is 0 Å². The third kappa shape index (κ3) is 3.47. The van der Waals surface area contributed by atoms with Gasteiger partial charge < -0.3 is 5.32 Å². The van der Waals surface area contributed by atoms with E-state index in [4.69, 9.17) is 0 Å². The average molecular weight is 299 g/mol. The molecule has 0 saturated carbocycles. The summed E-state index contributed by atoms with van der Waals surface area (Å²) < 4.78 is 2.00. The van der Waals surface area contributed by atoms with E-state index in [1.807, 2.05) is 24.1 Å². The van der Waals surface area contributed by atoms with E-state index >= 15 is 0 Å². The first kappa shape index (κ1) is 15.0. The van der Waals surface area contributed by atoms with E-state index in [0.29, 0.717) is 5.92 Å². The zero-order chi connectivity index (χ0) is 15.4. The Labute approximate surface area is 132 Å². The number of piperidine rings is 1. The second-order valence-corrected chi connectivity index (χ2v) is 6.00. The summed E-state index contributed by atoms with van der Waals surface area (Å²) in [4.78, 5) is 6.86. The van der Waals surface area contributed by atoms with Gasteiger partial charge in [0.2, 0.25) is 0 Å². The normalized spacial score (nSPS) is 19.3. The van der Waals surface area contributed by atoms with Crippen LogP contribution in [0, 0.1) is 0 Å². The Morgan fingerprint density at radius 2 is 2.32 bits per heavy atom. The van der Waals surface area contributed by atoms with Gasteiger partial charge in [-0.25, -0.2) is 4.98 Å². The summed E-state index contributed by atoms with van der Waals surface area (Å²) in [5.74, 6) is 1.56. The fraction of sp³-hybridized carbons (Fsp3) is 0.529. The smallest absolute Gasteiger partial charge is 0.125 e. The van der Waals surface area contributed by atoms with Crippen molar-refractivity contribution in [3.05, 3.63) is 41.9 Å². The number of likely N-dealkylation sites (tertiary alicyclic amines) is 1. The van der Waals surface area contributed by atoms with Crippen LogP contribution in [0.1, 0.15) is 36.8 Å². The number of anilines is 1. The number of hydrogen-bond acceptors (Lipinski definition) is 4. The maximum Gasteiger partial charge on any atom is 0.125 e. The summed E-state index contributed by atoms with van der Waals surface area (Å²) in [5, 5.41) is 7.50. The van der Waals surface area contributed by atoms with E-state index in [2.05, 4.69) is 45.6 Å². The Morgan fingerprint density at radius 1 is 1.41 bits per heavy atom. The number of aromatic nitrogens is 3. The van der Waals surface area contributed by atoms with Crippen molar-refractivity contribution in [1.82, 2.24) is 19.7 Å². The zero-order valence-electron chi connectivity index (χ0n) is 13.5. The van der Waals surface area contributed by atoms with E-state index < -0.39 is 0 Å². The van der Waals surface area contributed by atoms with Crippen molar-refractivity contribution in [1.29, 1.82) is 0 Å². The molecule has 0 radical (unpaired) electrons. The Balaban J connectivity index is 1.65. The molecule has 22 heavy (non-hydrogen) atoms. The molecule has 1 aliphatic heterocycles. The monoisotopic (exact) mass is 299 g/mol. The van der Waals surface area contributed by atoms with Crippen LogP contribution in [0.15, 0.2) is 30.7 Å². The lowest BCUT2D eigenvalue weighted by molar-refractivity contribution is 0.200. The van der Waals surface area contributed by atoms with Crippen LogP contribution in [0.5, 0.6) is 0 Å². The highest BCUT2D eigenvalue weighted by molar-refractivity contribution is 5.38. The summed E-state index contributed by atoms with van der Waals surface area (Å²) in [6, 6.07) is 4.34. The van der Waals surface area contributed by atoms with Crippen molar-refractivity contribution in [2.45, 2.75) is 38.8 Å². The second kappa shape index (κ2) is 6.92. The molecule has 2 aromatic heterocycles. The van der Waals surface area contributed by atoms with Gasteiger partial charge in [-0.3, -0.25) is 9.58 Å². The molecule has 118 valence electrons. The molecule has 3 heterocycles. The minimum absolute atomic E-state index is 0.602. The lowest BCUT2D eigenvalue weighted by Crippen LogP contribution is -2.33. The van der Waals surface area contributed by atoms with E-state index in [0.717, 1.165) is 25.5 Å². The van der Waals surface area contributed by atoms with Gasteiger partial charge in [-0.1, -0.05) is 0 Å². The quantitative estimate of drug-likeness (QED) is 0.922. The van der Waals surface area contributed by atoms with Gasteiger partial charge in [-0.15, -0.1) is 0 Å². The van der Waals surface area contributed by atoms with Crippen molar-refractivity contribution in [2.75, 3.05) is 25.5 Å². The number of hydrogen-bond donors (Lipinski definition) is 1. The van der Waals surface area contributed by atoms with Crippen molar-refractivity contribution >= 4 is 5.82 Å². The topological polar surface area (TPSA) is 46.0 Å². The van der Waals surface area contributed by atoms with Crippen molar-refractivity contribution in [3.8, 4) is 0 Å². The van der Waals surface area contributed by atoms with E-state index in [9.17, 15) is 0 Å². The fourth-order valence-corrected chi connectivity index (χ4v) is 3.23. The van der Waals surface area contributed by atoms with Crippen LogP contribution in [0.2, 0.25) is 0 Å². The first-order valence-corrected chi connectivity index (χ1v) is 8.16. The molecule has 1 saturated heterocycles. The van der Waals surface area contributed by atoms with Gasteiger partial charge in [0.05, 0.1) is 6.20 Å². The summed E-state index contributed by atoms with van der Waals surface area (Å²) in [5.41, 5.74) is 2.71. The Morgan fingerprint density at radius 3 is 3.09 bits per heavy atom. The first-order valence-electron chi connectivity index (χ1n) is 8.16. The number of nitrogens with zero attached hydrogens (tertiary/aromatic N) is 4. The van der Waals surface area contributed by atoms with Crippen LogP contribution in [0.4, 0.5) is 5.82 Å². The number of nitrogens with one attached hydrogen (secondary N) is 1. The van der Waals surface area contributed by atoms with Gasteiger partial charge in [0.15, 0.2) is 0 Å². The van der Waals surface area contributed by atoms with E-state index in [-0.39, 0.29) is 0 Å². The predicted molar refractivity (Wildman–Crippen MR) is 88.9 cm³/mol. The summed E-state index contributed by atoms with van der Waals surface area (Å²) in [6.45, 7) is 6.35. The van der Waals surface area contributed by atoms with Gasteiger partial charge in [0, 0.05) is 44.6 Å². The minimum atomic E-state index is 0.602. The largest absolute Gasteiger partial charge is 0.373 e. The summed E-state index contributed by atoms with van der Waals surface area (Å²) in [6.07, 6.45) is 8.58.